The lowest BCUT2D eigenvalue weighted by Gasteiger charge is -2.14. The van der Waals surface area contributed by atoms with Crippen LogP contribution < -0.4 is 0 Å². The van der Waals surface area contributed by atoms with Crippen LogP contribution in [-0.4, -0.2) is 45.4 Å². The zero-order chi connectivity index (χ0) is 21.4. The van der Waals surface area contributed by atoms with E-state index in [9.17, 15) is 18.0 Å². The smallest absolute Gasteiger partial charge is 0.338 e. The SMILES string of the molecule is CCCCc1ccc(C(=O)COC(=O)c2cccc(S(=O)(=O)N(C)OC)c2)cc1. The minimum atomic E-state index is -3.89. The number of unbranched alkanes of at least 4 members (excludes halogenated alkanes) is 1. The van der Waals surface area contributed by atoms with Gasteiger partial charge in [-0.25, -0.2) is 13.2 Å². The highest BCUT2D eigenvalue weighted by atomic mass is 32.2. The van der Waals surface area contributed by atoms with Gasteiger partial charge in [0.2, 0.25) is 0 Å². The van der Waals surface area contributed by atoms with Gasteiger partial charge in [0, 0.05) is 12.6 Å². The molecule has 0 heterocycles. The van der Waals surface area contributed by atoms with Gasteiger partial charge in [0.1, 0.15) is 0 Å². The molecule has 0 radical (unpaired) electrons. The molecule has 29 heavy (non-hydrogen) atoms. The van der Waals surface area contributed by atoms with Gasteiger partial charge in [-0.3, -0.25) is 9.63 Å². The minimum Gasteiger partial charge on any atom is -0.454 e. The number of esters is 1. The largest absolute Gasteiger partial charge is 0.454 e. The fourth-order valence-electron chi connectivity index (χ4n) is 2.57. The number of ketones is 1. The fraction of sp³-hybridized carbons (Fsp3) is 0.333. The maximum absolute atomic E-state index is 12.3. The minimum absolute atomic E-state index is 0.0262. The Balaban J connectivity index is 2.02. The van der Waals surface area contributed by atoms with Crippen LogP contribution in [0.15, 0.2) is 53.4 Å². The molecular weight excluding hydrogens is 394 g/mol. The van der Waals surface area contributed by atoms with E-state index in [4.69, 9.17) is 9.57 Å². The summed E-state index contributed by atoms with van der Waals surface area (Å²) in [4.78, 5) is 29.1. The van der Waals surface area contributed by atoms with Crippen LogP contribution in [0.5, 0.6) is 0 Å². The van der Waals surface area contributed by atoms with Crippen molar-refractivity contribution in [2.45, 2.75) is 31.1 Å². The molecule has 2 aromatic rings. The van der Waals surface area contributed by atoms with Crippen LogP contribution in [0, 0.1) is 0 Å². The number of benzene rings is 2. The van der Waals surface area contributed by atoms with Crippen molar-refractivity contribution >= 4 is 21.8 Å². The molecule has 0 bridgehead atoms. The number of hydrogen-bond donors (Lipinski definition) is 0. The maximum atomic E-state index is 12.3. The number of ether oxygens (including phenoxy) is 1. The summed E-state index contributed by atoms with van der Waals surface area (Å²) >= 11 is 0. The second kappa shape index (κ2) is 10.3. The van der Waals surface area contributed by atoms with Crippen molar-refractivity contribution in [1.29, 1.82) is 0 Å². The Morgan fingerprint density at radius 2 is 1.72 bits per heavy atom. The molecule has 0 saturated carbocycles. The molecule has 156 valence electrons. The van der Waals surface area contributed by atoms with Gasteiger partial charge in [-0.15, -0.1) is 0 Å². The third kappa shape index (κ3) is 5.96. The van der Waals surface area contributed by atoms with Gasteiger partial charge in [0.15, 0.2) is 12.4 Å². The number of carbonyl (C=O) groups excluding carboxylic acids is 2. The van der Waals surface area contributed by atoms with Crippen molar-refractivity contribution in [2.75, 3.05) is 20.8 Å². The van der Waals surface area contributed by atoms with E-state index in [1.54, 1.807) is 12.1 Å². The Kier molecular flexibility index (Phi) is 8.07. The molecule has 0 aliphatic carbocycles. The number of hydroxylamine groups is 1. The summed E-state index contributed by atoms with van der Waals surface area (Å²) in [6.45, 7) is 1.69. The summed E-state index contributed by atoms with van der Waals surface area (Å²) in [6.07, 6.45) is 3.14. The number of nitrogens with zero attached hydrogens (tertiary/aromatic N) is 1. The summed E-state index contributed by atoms with van der Waals surface area (Å²) in [5.41, 5.74) is 1.63. The lowest BCUT2D eigenvalue weighted by molar-refractivity contribution is -0.0258. The van der Waals surface area contributed by atoms with Crippen LogP contribution in [0.3, 0.4) is 0 Å². The molecule has 2 rings (SSSR count). The Labute approximate surface area is 171 Å². The van der Waals surface area contributed by atoms with Crippen molar-refractivity contribution in [3.8, 4) is 0 Å². The standard InChI is InChI=1S/C21H25NO6S/c1-4-5-7-16-10-12-17(13-11-16)20(23)15-28-21(24)18-8-6-9-19(14-18)29(25,26)22(2)27-3/h6,8-14H,4-5,7,15H2,1-3H3. The monoisotopic (exact) mass is 419 g/mol. The second-order valence-electron chi connectivity index (χ2n) is 6.42. The second-order valence-corrected chi connectivity index (χ2v) is 8.36. The van der Waals surface area contributed by atoms with Gasteiger partial charge in [0.25, 0.3) is 10.0 Å². The third-order valence-electron chi connectivity index (χ3n) is 4.39. The first kappa shape index (κ1) is 22.7. The number of rotatable bonds is 10. The maximum Gasteiger partial charge on any atom is 0.338 e. The first-order valence-corrected chi connectivity index (χ1v) is 10.7. The normalized spacial score (nSPS) is 11.4. The van der Waals surface area contributed by atoms with Gasteiger partial charge in [-0.1, -0.05) is 48.1 Å². The van der Waals surface area contributed by atoms with E-state index in [-0.39, 0.29) is 16.2 Å². The van der Waals surface area contributed by atoms with Gasteiger partial charge in [-0.2, -0.15) is 0 Å². The molecule has 7 nitrogen and oxygen atoms in total. The predicted octanol–water partition coefficient (Wildman–Crippen LogP) is 3.25. The Bertz CT molecular complexity index is 953. The van der Waals surface area contributed by atoms with E-state index in [0.29, 0.717) is 10.0 Å². The van der Waals surface area contributed by atoms with E-state index in [0.717, 1.165) is 24.8 Å². The Morgan fingerprint density at radius 1 is 1.03 bits per heavy atom. The molecule has 0 aliphatic heterocycles. The molecule has 2 aromatic carbocycles. The van der Waals surface area contributed by atoms with Gasteiger partial charge in [-0.05, 0) is 36.6 Å². The molecule has 0 unspecified atom stereocenters. The molecule has 0 aromatic heterocycles. The van der Waals surface area contributed by atoms with Gasteiger partial charge >= 0.3 is 5.97 Å². The molecule has 0 atom stereocenters. The van der Waals surface area contributed by atoms with Crippen molar-refractivity contribution < 1.29 is 27.6 Å². The van der Waals surface area contributed by atoms with Crippen LogP contribution in [0.2, 0.25) is 0 Å². The average molecular weight is 419 g/mol. The van der Waals surface area contributed by atoms with Crippen LogP contribution in [-0.2, 0) is 26.0 Å². The number of aryl methyl sites for hydroxylation is 1. The van der Waals surface area contributed by atoms with E-state index >= 15 is 0 Å². The molecule has 0 N–H and O–H groups in total. The Hall–Kier alpha value is -2.55. The lowest BCUT2D eigenvalue weighted by Crippen LogP contribution is -2.26. The van der Waals surface area contributed by atoms with Crippen LogP contribution in [0.1, 0.15) is 46.0 Å². The van der Waals surface area contributed by atoms with E-state index in [2.05, 4.69) is 6.92 Å². The summed E-state index contributed by atoms with van der Waals surface area (Å²) in [7, 11) is -1.43. The van der Waals surface area contributed by atoms with Gasteiger partial charge < -0.3 is 4.74 Å². The zero-order valence-corrected chi connectivity index (χ0v) is 17.6. The predicted molar refractivity (Wildman–Crippen MR) is 108 cm³/mol. The summed E-state index contributed by atoms with van der Waals surface area (Å²) < 4.78 is 30.3. The number of carbonyl (C=O) groups is 2. The summed E-state index contributed by atoms with van der Waals surface area (Å²) in [5.74, 6) is -1.11. The van der Waals surface area contributed by atoms with E-state index in [1.807, 2.05) is 12.1 Å². The first-order chi connectivity index (χ1) is 13.8. The van der Waals surface area contributed by atoms with Crippen molar-refractivity contribution in [2.24, 2.45) is 0 Å². The topological polar surface area (TPSA) is 90.0 Å². The molecular formula is C21H25NO6S. The number of Topliss-reactive ketones (excluding diaryl/α,β-unsaturated/α-hetero) is 1. The molecule has 0 saturated heterocycles. The highest BCUT2D eigenvalue weighted by molar-refractivity contribution is 7.89. The zero-order valence-electron chi connectivity index (χ0n) is 16.8. The van der Waals surface area contributed by atoms with Crippen molar-refractivity contribution in [1.82, 2.24) is 4.47 Å². The fourth-order valence-corrected chi connectivity index (χ4v) is 3.59. The Morgan fingerprint density at radius 3 is 2.34 bits per heavy atom. The highest BCUT2D eigenvalue weighted by Crippen LogP contribution is 2.17. The molecule has 0 amide bonds. The number of hydrogen-bond acceptors (Lipinski definition) is 6. The van der Waals surface area contributed by atoms with Crippen LogP contribution in [0.25, 0.3) is 0 Å². The molecule has 8 heteroatoms. The van der Waals surface area contributed by atoms with Crippen LogP contribution in [0.4, 0.5) is 0 Å². The molecule has 0 aliphatic rings. The third-order valence-corrected chi connectivity index (χ3v) is 6.07. The summed E-state index contributed by atoms with van der Waals surface area (Å²) in [5, 5.41) is 0. The first-order valence-electron chi connectivity index (χ1n) is 9.22. The molecule has 0 fully saturated rings. The quantitative estimate of drug-likeness (QED) is 0.334. The van der Waals surface area contributed by atoms with Gasteiger partial charge in [0.05, 0.1) is 17.6 Å². The lowest BCUT2D eigenvalue weighted by atomic mass is 10.0. The molecule has 0 spiro atoms. The number of sulfonamides is 1. The average Bonchev–Trinajstić information content (AvgIpc) is 2.75. The van der Waals surface area contributed by atoms with E-state index < -0.39 is 22.6 Å². The van der Waals surface area contributed by atoms with Crippen LogP contribution >= 0.6 is 0 Å². The summed E-state index contributed by atoms with van der Waals surface area (Å²) in [6, 6.07) is 12.6. The van der Waals surface area contributed by atoms with Crippen molar-refractivity contribution in [3.63, 3.8) is 0 Å². The van der Waals surface area contributed by atoms with Crippen molar-refractivity contribution in [3.05, 3.63) is 65.2 Å². The van der Waals surface area contributed by atoms with E-state index in [1.165, 1.54) is 38.4 Å². The highest BCUT2D eigenvalue weighted by Gasteiger charge is 2.22.